The summed E-state index contributed by atoms with van der Waals surface area (Å²) in [5.41, 5.74) is 1.20. The van der Waals surface area contributed by atoms with Gasteiger partial charge in [-0.05, 0) is 31.4 Å². The van der Waals surface area contributed by atoms with Crippen LogP contribution < -0.4 is 24.4 Å². The van der Waals surface area contributed by atoms with Crippen molar-refractivity contribution in [2.24, 2.45) is 5.92 Å². The van der Waals surface area contributed by atoms with Crippen molar-refractivity contribution in [1.29, 1.82) is 0 Å². The fraction of sp³-hybridized carbons (Fsp3) is 0.500. The topological polar surface area (TPSA) is 109 Å². The van der Waals surface area contributed by atoms with Crippen LogP contribution in [-0.4, -0.2) is 98.7 Å². The number of carbonyl (C=O) groups excluding carboxylic acids is 2. The van der Waals surface area contributed by atoms with Gasteiger partial charge in [0.05, 0.1) is 33.0 Å². The van der Waals surface area contributed by atoms with Crippen molar-refractivity contribution < 1.29 is 32.6 Å². The van der Waals surface area contributed by atoms with Crippen LogP contribution in [0.25, 0.3) is 10.9 Å². The smallest absolute Gasteiger partial charge is 0.275 e. The molecule has 1 atom stereocenters. The Morgan fingerprint density at radius 1 is 1.04 bits per heavy atom. The number of ether oxygens (including phenoxy) is 3. The molecular weight excluding hydrogens is 586 g/mol. The summed E-state index contributed by atoms with van der Waals surface area (Å²) in [6.45, 7) is 5.91. The van der Waals surface area contributed by atoms with E-state index < -0.39 is 23.2 Å². The van der Waals surface area contributed by atoms with Crippen molar-refractivity contribution in [3.8, 4) is 17.2 Å². The number of hydrogen-bond acceptors (Lipinski definition) is 9. The van der Waals surface area contributed by atoms with Gasteiger partial charge in [-0.3, -0.25) is 14.5 Å². The van der Waals surface area contributed by atoms with E-state index in [0.717, 1.165) is 48.9 Å². The fourth-order valence-corrected chi connectivity index (χ4v) is 6.11. The van der Waals surface area contributed by atoms with Crippen molar-refractivity contribution in [2.75, 3.05) is 72.0 Å². The zero-order chi connectivity index (χ0) is 32.1. The molecule has 1 aromatic carbocycles. The Hall–Kier alpha value is -4.26. The van der Waals surface area contributed by atoms with Crippen LogP contribution >= 0.6 is 0 Å². The second-order valence-electron chi connectivity index (χ2n) is 11.3. The van der Waals surface area contributed by atoms with E-state index in [-0.39, 0.29) is 31.3 Å². The third-order valence-corrected chi connectivity index (χ3v) is 8.52. The molecule has 5 rings (SSSR count). The first kappa shape index (κ1) is 32.1. The van der Waals surface area contributed by atoms with Crippen molar-refractivity contribution in [2.45, 2.75) is 32.7 Å². The number of anilines is 1. The first-order valence-electron chi connectivity index (χ1n) is 15.2. The van der Waals surface area contributed by atoms with E-state index in [1.54, 1.807) is 21.3 Å². The highest BCUT2D eigenvalue weighted by Gasteiger charge is 2.28. The Kier molecular flexibility index (Phi) is 10.2. The Bertz CT molecular complexity index is 1560. The summed E-state index contributed by atoms with van der Waals surface area (Å²) in [7, 11) is 4.72. The van der Waals surface area contributed by atoms with Gasteiger partial charge >= 0.3 is 0 Å². The van der Waals surface area contributed by atoms with Gasteiger partial charge in [-0.15, -0.1) is 0 Å². The first-order valence-corrected chi connectivity index (χ1v) is 15.2. The van der Waals surface area contributed by atoms with Crippen LogP contribution in [0.2, 0.25) is 0 Å². The summed E-state index contributed by atoms with van der Waals surface area (Å²) < 4.78 is 45.1. The van der Waals surface area contributed by atoms with Crippen molar-refractivity contribution in [3.63, 3.8) is 0 Å². The number of rotatable bonds is 5. The third-order valence-electron chi connectivity index (χ3n) is 8.52. The second kappa shape index (κ2) is 14.2. The summed E-state index contributed by atoms with van der Waals surface area (Å²) in [5, 5.41) is 3.80. The number of methoxy groups -OCH3 is 3. The standard InChI is InChI=1S/C32H40F2N6O5/c1-5-38-11-12-39(32(42)28-24(34)14-22(33)17-36-28)10-8-27(41)35-16-20-7-6-9-40(18-20)31-21(19-38)13-23-25(37-31)15-26(43-2)30(45-4)29(23)44-3/h13-15,17,20H,5-12,16,18-19H2,1-4H3,(H,35,41). The Labute approximate surface area is 261 Å². The molecule has 1 fully saturated rings. The fourth-order valence-electron chi connectivity index (χ4n) is 6.11. The van der Waals surface area contributed by atoms with Gasteiger partial charge in [0, 0.05) is 75.3 Å². The molecule has 45 heavy (non-hydrogen) atoms. The SMILES string of the molecule is CCN1CCN(C(=O)c2ncc(F)cc2F)CCC(=O)NCC2CCCN(C2)c2nc3cc(OC)c(OC)c(OC)c3cc2C1. The van der Waals surface area contributed by atoms with E-state index in [4.69, 9.17) is 19.2 Å². The Balaban J connectivity index is 1.55. The van der Waals surface area contributed by atoms with Crippen LogP contribution in [0.15, 0.2) is 24.4 Å². The largest absolute Gasteiger partial charge is 0.493 e. The highest BCUT2D eigenvalue weighted by atomic mass is 19.1. The predicted octanol–water partition coefficient (Wildman–Crippen LogP) is 3.63. The molecule has 13 heteroatoms. The molecule has 242 valence electrons. The number of amides is 2. The van der Waals surface area contributed by atoms with Gasteiger partial charge < -0.3 is 29.3 Å². The molecule has 3 aromatic rings. The summed E-state index contributed by atoms with van der Waals surface area (Å²) in [4.78, 5) is 41.0. The van der Waals surface area contributed by atoms with E-state index in [1.807, 2.05) is 13.0 Å². The van der Waals surface area contributed by atoms with Gasteiger partial charge in [-0.25, -0.2) is 18.7 Å². The lowest BCUT2D eigenvalue weighted by Gasteiger charge is -2.35. The van der Waals surface area contributed by atoms with E-state index >= 15 is 0 Å². The molecule has 1 N–H and O–H groups in total. The highest BCUT2D eigenvalue weighted by Crippen LogP contribution is 2.44. The molecule has 4 heterocycles. The van der Waals surface area contributed by atoms with Gasteiger partial charge in [0.25, 0.3) is 5.91 Å². The van der Waals surface area contributed by atoms with Crippen molar-refractivity contribution >= 4 is 28.5 Å². The van der Waals surface area contributed by atoms with E-state index in [1.165, 1.54) is 4.90 Å². The van der Waals surface area contributed by atoms with Crippen LogP contribution in [-0.2, 0) is 11.3 Å². The third kappa shape index (κ3) is 7.03. The molecule has 2 aromatic heterocycles. The van der Waals surface area contributed by atoms with Crippen LogP contribution in [0.5, 0.6) is 17.2 Å². The number of piperidine rings is 1. The van der Waals surface area contributed by atoms with Crippen LogP contribution in [0.4, 0.5) is 14.6 Å². The van der Waals surface area contributed by atoms with Crippen molar-refractivity contribution in [1.82, 2.24) is 25.1 Å². The van der Waals surface area contributed by atoms with Gasteiger partial charge in [-0.2, -0.15) is 0 Å². The van der Waals surface area contributed by atoms with Gasteiger partial charge in [0.1, 0.15) is 11.6 Å². The summed E-state index contributed by atoms with van der Waals surface area (Å²) in [6.07, 6.45) is 2.77. The van der Waals surface area contributed by atoms with Gasteiger partial charge in [0.15, 0.2) is 23.0 Å². The molecule has 2 aliphatic heterocycles. The molecule has 0 aliphatic carbocycles. The molecular formula is C32H40F2N6O5. The number of aromatic nitrogens is 2. The number of fused-ring (bicyclic) bond motifs is 5. The average molecular weight is 627 g/mol. The maximum absolute atomic E-state index is 14.6. The minimum atomic E-state index is -1.04. The predicted molar refractivity (Wildman–Crippen MR) is 165 cm³/mol. The Morgan fingerprint density at radius 3 is 2.56 bits per heavy atom. The molecule has 0 spiro atoms. The van der Waals surface area contributed by atoms with E-state index in [0.29, 0.717) is 55.0 Å². The minimum Gasteiger partial charge on any atom is -0.493 e. The summed E-state index contributed by atoms with van der Waals surface area (Å²) in [6, 6.07) is 4.56. The van der Waals surface area contributed by atoms with Gasteiger partial charge in [-0.1, -0.05) is 6.92 Å². The number of nitrogens with zero attached hydrogens (tertiary/aromatic N) is 5. The quantitative estimate of drug-likeness (QED) is 0.454. The summed E-state index contributed by atoms with van der Waals surface area (Å²) >= 11 is 0. The summed E-state index contributed by atoms with van der Waals surface area (Å²) in [5.74, 6) is -0.249. The molecule has 0 radical (unpaired) electrons. The first-order chi connectivity index (χ1) is 21.8. The molecule has 11 nitrogen and oxygen atoms in total. The van der Waals surface area contributed by atoms with Crippen LogP contribution in [0, 0.1) is 17.6 Å². The number of likely N-dealkylation sites (N-methyl/N-ethyl adjacent to an activating group) is 1. The average Bonchev–Trinajstić information content (AvgIpc) is 3.05. The normalized spacial score (nSPS) is 18.4. The van der Waals surface area contributed by atoms with E-state index in [2.05, 4.69) is 26.2 Å². The highest BCUT2D eigenvalue weighted by molar-refractivity contribution is 5.93. The number of hydrogen-bond donors (Lipinski definition) is 1. The molecule has 0 saturated carbocycles. The molecule has 1 unspecified atom stereocenters. The zero-order valence-corrected chi connectivity index (χ0v) is 26.2. The lowest BCUT2D eigenvalue weighted by molar-refractivity contribution is -0.121. The second-order valence-corrected chi connectivity index (χ2v) is 11.3. The zero-order valence-electron chi connectivity index (χ0n) is 26.2. The number of nitrogens with one attached hydrogen (secondary N) is 1. The minimum absolute atomic E-state index is 0.0493. The number of carbonyl (C=O) groups is 2. The van der Waals surface area contributed by atoms with Gasteiger partial charge in [0.2, 0.25) is 11.7 Å². The maximum Gasteiger partial charge on any atom is 0.275 e. The lowest BCUT2D eigenvalue weighted by atomic mass is 9.97. The number of halogens is 2. The molecule has 2 amide bonds. The van der Waals surface area contributed by atoms with Crippen LogP contribution in [0.3, 0.4) is 0 Å². The molecule has 2 bridgehead atoms. The lowest BCUT2D eigenvalue weighted by Crippen LogP contribution is -2.42. The maximum atomic E-state index is 14.6. The monoisotopic (exact) mass is 626 g/mol. The van der Waals surface area contributed by atoms with Crippen LogP contribution in [0.1, 0.15) is 42.2 Å². The molecule has 2 aliphatic rings. The van der Waals surface area contributed by atoms with Crippen molar-refractivity contribution in [3.05, 3.63) is 47.3 Å². The number of pyridine rings is 2. The molecule has 1 saturated heterocycles. The van der Waals surface area contributed by atoms with E-state index in [9.17, 15) is 18.4 Å². The number of benzene rings is 1. The Morgan fingerprint density at radius 2 is 1.84 bits per heavy atom.